The van der Waals surface area contributed by atoms with Crippen LogP contribution >= 0.6 is 0 Å². The summed E-state index contributed by atoms with van der Waals surface area (Å²) in [4.78, 5) is 12.1. The van der Waals surface area contributed by atoms with Gasteiger partial charge in [0, 0.05) is 4.91 Å². The van der Waals surface area contributed by atoms with Gasteiger partial charge >= 0.3 is 6.36 Å². The number of nitrogens with zero attached hydrogens (tertiary/aromatic N) is 4. The number of nitro groups is 1. The number of ether oxygens (including phenoxy) is 1. The molecule has 18 heavy (non-hydrogen) atoms. The Labute approximate surface area is 97.6 Å². The summed E-state index contributed by atoms with van der Waals surface area (Å²) in [6, 6.07) is 1.44. The minimum absolute atomic E-state index is 0.00116. The number of hydrogen-bond acceptors (Lipinski definition) is 4. The van der Waals surface area contributed by atoms with E-state index in [0.717, 1.165) is 6.07 Å². The third-order valence-electron chi connectivity index (χ3n) is 1.83. The highest BCUT2D eigenvalue weighted by molar-refractivity contribution is 5.64. The van der Waals surface area contributed by atoms with E-state index in [2.05, 4.69) is 14.8 Å². The molecule has 0 N–H and O–H groups in total. The van der Waals surface area contributed by atoms with Crippen LogP contribution in [0.3, 0.4) is 0 Å². The molecule has 0 unspecified atom stereocenters. The van der Waals surface area contributed by atoms with Gasteiger partial charge in [0.15, 0.2) is 0 Å². The van der Waals surface area contributed by atoms with Crippen molar-refractivity contribution in [2.24, 2.45) is 5.11 Å². The predicted octanol–water partition coefficient (Wildman–Crippen LogP) is 3.74. The Morgan fingerprint density at radius 2 is 2.11 bits per heavy atom. The summed E-state index contributed by atoms with van der Waals surface area (Å²) in [6.07, 6.45) is -4.96. The maximum absolute atomic E-state index is 12.0. The molecule has 0 aliphatic carbocycles. The zero-order chi connectivity index (χ0) is 13.9. The summed E-state index contributed by atoms with van der Waals surface area (Å²) in [5.74, 6) is -0.747. The number of benzene rings is 1. The Morgan fingerprint density at radius 1 is 1.50 bits per heavy atom. The van der Waals surface area contributed by atoms with Crippen molar-refractivity contribution in [1.82, 2.24) is 0 Å². The average Bonchev–Trinajstić information content (AvgIpc) is 2.19. The lowest BCUT2D eigenvalue weighted by Gasteiger charge is -2.10. The largest absolute Gasteiger partial charge is 0.573 e. The van der Waals surface area contributed by atoms with E-state index in [1.807, 2.05) is 0 Å². The van der Waals surface area contributed by atoms with Crippen LogP contribution in [-0.4, -0.2) is 11.3 Å². The molecule has 0 aliphatic heterocycles. The van der Waals surface area contributed by atoms with Gasteiger partial charge in [-0.15, -0.1) is 13.2 Å². The second-order valence-corrected chi connectivity index (χ2v) is 3.10. The van der Waals surface area contributed by atoms with Crippen molar-refractivity contribution in [3.05, 3.63) is 38.3 Å². The van der Waals surface area contributed by atoms with Crippen LogP contribution in [0.5, 0.6) is 5.75 Å². The molecule has 0 fully saturated rings. The lowest BCUT2D eigenvalue weighted by Crippen LogP contribution is -2.17. The number of aryl methyl sites for hydroxylation is 1. The molecule has 0 saturated carbocycles. The van der Waals surface area contributed by atoms with Crippen molar-refractivity contribution in [3.63, 3.8) is 0 Å². The quantitative estimate of drug-likeness (QED) is 0.272. The van der Waals surface area contributed by atoms with E-state index in [9.17, 15) is 23.3 Å². The fourth-order valence-corrected chi connectivity index (χ4v) is 1.24. The average molecular weight is 262 g/mol. The Hall–Kier alpha value is -2.48. The minimum Gasteiger partial charge on any atom is -0.406 e. The molecule has 0 aromatic heterocycles. The van der Waals surface area contributed by atoms with Crippen LogP contribution in [0.4, 0.5) is 24.5 Å². The Morgan fingerprint density at radius 3 is 2.56 bits per heavy atom. The van der Waals surface area contributed by atoms with E-state index in [1.165, 1.54) is 6.92 Å². The molecule has 1 aromatic carbocycles. The van der Waals surface area contributed by atoms with Gasteiger partial charge in [0.05, 0.1) is 11.0 Å². The molecule has 0 heterocycles. The van der Waals surface area contributed by atoms with Gasteiger partial charge in [-0.1, -0.05) is 5.11 Å². The zero-order valence-electron chi connectivity index (χ0n) is 8.80. The van der Waals surface area contributed by atoms with E-state index in [1.54, 1.807) is 0 Å². The van der Waals surface area contributed by atoms with Crippen LogP contribution in [0.1, 0.15) is 5.56 Å². The molecule has 0 aliphatic rings. The number of nitro benzene ring substituents is 1. The van der Waals surface area contributed by atoms with Crippen LogP contribution in [0.25, 0.3) is 10.4 Å². The van der Waals surface area contributed by atoms with Gasteiger partial charge in [-0.25, -0.2) is 0 Å². The van der Waals surface area contributed by atoms with E-state index in [0.29, 0.717) is 6.07 Å². The second kappa shape index (κ2) is 4.80. The van der Waals surface area contributed by atoms with Crippen LogP contribution in [0.2, 0.25) is 0 Å². The normalized spacial score (nSPS) is 10.7. The van der Waals surface area contributed by atoms with E-state index < -0.39 is 22.7 Å². The highest BCUT2D eigenvalue weighted by Crippen LogP contribution is 2.37. The summed E-state index contributed by atoms with van der Waals surface area (Å²) in [5, 5.41) is 13.7. The number of alkyl halides is 3. The molecule has 10 heteroatoms. The standard InChI is InChI=1S/C8H5F3N4O3/c1-4-2-5(18-8(9,10)11)3-6(15(16)17)7(4)13-14-12/h2-3H,1H3. The maximum atomic E-state index is 12.0. The van der Waals surface area contributed by atoms with Crippen molar-refractivity contribution in [2.45, 2.75) is 13.3 Å². The summed E-state index contributed by atoms with van der Waals surface area (Å²) >= 11 is 0. The van der Waals surface area contributed by atoms with E-state index in [4.69, 9.17) is 5.53 Å². The first-order valence-corrected chi connectivity index (χ1v) is 4.34. The molecular formula is C8H5F3N4O3. The topological polar surface area (TPSA) is 101 Å². The molecule has 0 bridgehead atoms. The minimum atomic E-state index is -4.96. The predicted molar refractivity (Wildman–Crippen MR) is 53.3 cm³/mol. The summed E-state index contributed by atoms with van der Waals surface area (Å²) in [5.41, 5.74) is 7.12. The Kier molecular flexibility index (Phi) is 3.62. The molecule has 96 valence electrons. The molecule has 0 spiro atoms. The lowest BCUT2D eigenvalue weighted by atomic mass is 10.1. The smallest absolute Gasteiger partial charge is 0.406 e. The zero-order valence-corrected chi connectivity index (χ0v) is 8.80. The summed E-state index contributed by atoms with van der Waals surface area (Å²) < 4.78 is 39.5. The number of rotatable bonds is 3. The number of azide groups is 1. The molecule has 1 aromatic rings. The van der Waals surface area contributed by atoms with Crippen molar-refractivity contribution in [1.29, 1.82) is 0 Å². The fraction of sp³-hybridized carbons (Fsp3) is 0.250. The second-order valence-electron chi connectivity index (χ2n) is 3.10. The number of hydrogen-bond donors (Lipinski definition) is 0. The van der Waals surface area contributed by atoms with Crippen molar-refractivity contribution < 1.29 is 22.8 Å². The monoisotopic (exact) mass is 262 g/mol. The molecule has 7 nitrogen and oxygen atoms in total. The van der Waals surface area contributed by atoms with Crippen LogP contribution in [0.15, 0.2) is 17.2 Å². The first-order chi connectivity index (χ1) is 8.24. The SMILES string of the molecule is Cc1cc(OC(F)(F)F)cc([N+](=O)[O-])c1N=[N+]=[N-]. The maximum Gasteiger partial charge on any atom is 0.573 e. The highest BCUT2D eigenvalue weighted by Gasteiger charge is 2.32. The van der Waals surface area contributed by atoms with Crippen LogP contribution < -0.4 is 4.74 Å². The Bertz CT molecular complexity index is 537. The molecule has 1 rings (SSSR count). The third kappa shape index (κ3) is 3.25. The molecule has 0 amide bonds. The molecular weight excluding hydrogens is 257 g/mol. The molecule has 0 saturated heterocycles. The summed E-state index contributed by atoms with van der Waals surface area (Å²) in [6.45, 7) is 1.26. The van der Waals surface area contributed by atoms with Gasteiger partial charge in [0.1, 0.15) is 11.4 Å². The van der Waals surface area contributed by atoms with Crippen molar-refractivity contribution in [2.75, 3.05) is 0 Å². The van der Waals surface area contributed by atoms with E-state index >= 15 is 0 Å². The summed E-state index contributed by atoms with van der Waals surface area (Å²) in [7, 11) is 0. The van der Waals surface area contributed by atoms with Crippen molar-refractivity contribution >= 4 is 11.4 Å². The first-order valence-electron chi connectivity index (χ1n) is 4.34. The fourth-order valence-electron chi connectivity index (χ4n) is 1.24. The third-order valence-corrected chi connectivity index (χ3v) is 1.83. The van der Waals surface area contributed by atoms with Gasteiger partial charge < -0.3 is 4.74 Å². The van der Waals surface area contributed by atoms with E-state index in [-0.39, 0.29) is 11.3 Å². The van der Waals surface area contributed by atoms with Crippen LogP contribution in [-0.2, 0) is 0 Å². The first kappa shape index (κ1) is 13.6. The highest BCUT2D eigenvalue weighted by atomic mass is 19.4. The Balaban J connectivity index is 3.36. The number of halogens is 3. The molecule has 0 radical (unpaired) electrons. The van der Waals surface area contributed by atoms with Gasteiger partial charge in [-0.3, -0.25) is 10.1 Å². The van der Waals surface area contributed by atoms with Crippen molar-refractivity contribution in [3.8, 4) is 5.75 Å². The molecule has 0 atom stereocenters. The van der Waals surface area contributed by atoms with Gasteiger partial charge in [0.2, 0.25) is 0 Å². The van der Waals surface area contributed by atoms with Gasteiger partial charge in [-0.05, 0) is 24.1 Å². The van der Waals surface area contributed by atoms with Gasteiger partial charge in [-0.2, -0.15) is 0 Å². The van der Waals surface area contributed by atoms with Gasteiger partial charge in [0.25, 0.3) is 5.69 Å². The lowest BCUT2D eigenvalue weighted by molar-refractivity contribution is -0.384. The van der Waals surface area contributed by atoms with Crippen LogP contribution in [0, 0.1) is 17.0 Å².